The van der Waals surface area contributed by atoms with E-state index < -0.39 is 11.9 Å². The Labute approximate surface area is 134 Å². The Balaban J connectivity index is 2.03. The molecule has 3 atom stereocenters. The fourth-order valence-corrected chi connectivity index (χ4v) is 2.96. The summed E-state index contributed by atoms with van der Waals surface area (Å²) in [5, 5.41) is 3.05. The fraction of sp³-hybridized carbons (Fsp3) is 0.533. The lowest BCUT2D eigenvalue weighted by molar-refractivity contribution is -0.00461. The van der Waals surface area contributed by atoms with Gasteiger partial charge in [-0.05, 0) is 19.1 Å². The number of amides is 2. The molecular weight excluding hydrogens is 311 g/mol. The van der Waals surface area contributed by atoms with Gasteiger partial charge in [0.1, 0.15) is 18.0 Å². The maximum atomic E-state index is 13.9. The van der Waals surface area contributed by atoms with Crippen molar-refractivity contribution in [3.05, 3.63) is 34.6 Å². The first-order valence-electron chi connectivity index (χ1n) is 7.02. The summed E-state index contributed by atoms with van der Waals surface area (Å²) in [6.07, 6.45) is -0.328. The topological polar surface area (TPSA) is 50.8 Å². The van der Waals surface area contributed by atoms with Crippen LogP contribution < -0.4 is 5.32 Å². The summed E-state index contributed by atoms with van der Waals surface area (Å²) < 4.78 is 24.5. The predicted octanol–water partition coefficient (Wildman–Crippen LogP) is 2.60. The molecule has 0 bridgehead atoms. The molecule has 22 heavy (non-hydrogen) atoms. The molecule has 1 saturated heterocycles. The highest BCUT2D eigenvalue weighted by Crippen LogP contribution is 2.26. The van der Waals surface area contributed by atoms with Crippen LogP contribution in [0.15, 0.2) is 18.2 Å². The van der Waals surface area contributed by atoms with Crippen LogP contribution in [0.25, 0.3) is 0 Å². The average molecular weight is 331 g/mol. The molecule has 1 heterocycles. The number of likely N-dealkylation sites (tertiary alicyclic amines) is 1. The zero-order chi connectivity index (χ0) is 16.3. The number of halogens is 2. The lowest BCUT2D eigenvalue weighted by Gasteiger charge is -2.22. The molecule has 122 valence electrons. The van der Waals surface area contributed by atoms with E-state index in [9.17, 15) is 9.18 Å². The second-order valence-corrected chi connectivity index (χ2v) is 5.67. The van der Waals surface area contributed by atoms with Gasteiger partial charge in [-0.15, -0.1) is 0 Å². The van der Waals surface area contributed by atoms with Gasteiger partial charge in [0.05, 0.1) is 19.1 Å². The van der Waals surface area contributed by atoms with Crippen molar-refractivity contribution in [3.8, 4) is 0 Å². The summed E-state index contributed by atoms with van der Waals surface area (Å²) in [5.41, 5.74) is 0.281. The molecule has 0 aliphatic carbocycles. The average Bonchev–Trinajstić information content (AvgIpc) is 2.90. The van der Waals surface area contributed by atoms with Crippen molar-refractivity contribution in [3.63, 3.8) is 0 Å². The number of urea groups is 1. The van der Waals surface area contributed by atoms with Gasteiger partial charge >= 0.3 is 6.03 Å². The number of ether oxygens (including phenoxy) is 2. The molecule has 1 aromatic carbocycles. The summed E-state index contributed by atoms with van der Waals surface area (Å²) in [7, 11) is 3.17. The predicted molar refractivity (Wildman–Crippen MR) is 81.5 cm³/mol. The molecule has 7 heteroatoms. The second kappa shape index (κ2) is 7.26. The molecule has 0 spiro atoms. The SMILES string of the molecule is CO[C@H]1CN(C(=O)NC(C)c2c(F)cccc2Cl)C[C@H]1OC. The molecule has 1 fully saturated rings. The maximum Gasteiger partial charge on any atom is 0.318 e. The molecule has 0 aromatic heterocycles. The van der Waals surface area contributed by atoms with Crippen molar-refractivity contribution >= 4 is 17.6 Å². The van der Waals surface area contributed by atoms with Crippen LogP contribution in [-0.4, -0.2) is 50.4 Å². The van der Waals surface area contributed by atoms with E-state index in [0.717, 1.165) is 0 Å². The molecule has 0 radical (unpaired) electrons. The Bertz CT molecular complexity index is 511. The normalized spacial score (nSPS) is 22.7. The Morgan fingerprint density at radius 3 is 2.45 bits per heavy atom. The molecule has 1 unspecified atom stereocenters. The molecule has 1 aliphatic heterocycles. The van der Waals surface area contributed by atoms with Crippen molar-refractivity contribution in [1.82, 2.24) is 10.2 Å². The number of benzene rings is 1. The van der Waals surface area contributed by atoms with Gasteiger partial charge in [-0.1, -0.05) is 17.7 Å². The zero-order valence-corrected chi connectivity index (χ0v) is 13.6. The van der Waals surface area contributed by atoms with Crippen LogP contribution in [0.1, 0.15) is 18.5 Å². The largest absolute Gasteiger partial charge is 0.377 e. The van der Waals surface area contributed by atoms with Gasteiger partial charge < -0.3 is 19.7 Å². The van der Waals surface area contributed by atoms with E-state index >= 15 is 0 Å². The number of methoxy groups -OCH3 is 2. The van der Waals surface area contributed by atoms with E-state index in [1.807, 2.05) is 0 Å². The number of hydrogen-bond donors (Lipinski definition) is 1. The van der Waals surface area contributed by atoms with Crippen molar-refractivity contribution in [2.75, 3.05) is 27.3 Å². The molecule has 1 N–H and O–H groups in total. The molecular formula is C15H20ClFN2O3. The van der Waals surface area contributed by atoms with Crippen LogP contribution in [0.2, 0.25) is 5.02 Å². The molecule has 2 amide bonds. The number of hydrogen-bond acceptors (Lipinski definition) is 3. The first-order valence-corrected chi connectivity index (χ1v) is 7.40. The van der Waals surface area contributed by atoms with Gasteiger partial charge in [-0.3, -0.25) is 0 Å². The van der Waals surface area contributed by atoms with Gasteiger partial charge in [0, 0.05) is 24.8 Å². The van der Waals surface area contributed by atoms with E-state index in [1.165, 1.54) is 12.1 Å². The molecule has 0 saturated carbocycles. The second-order valence-electron chi connectivity index (χ2n) is 5.26. The summed E-state index contributed by atoms with van der Waals surface area (Å²) in [6, 6.07) is 3.61. The van der Waals surface area contributed by atoms with Crippen LogP contribution in [-0.2, 0) is 9.47 Å². The summed E-state index contributed by atoms with van der Waals surface area (Å²) in [5.74, 6) is -0.439. The van der Waals surface area contributed by atoms with Crippen molar-refractivity contribution in [2.45, 2.75) is 25.2 Å². The number of rotatable bonds is 4. The molecule has 2 rings (SSSR count). The van der Waals surface area contributed by atoms with Crippen LogP contribution >= 0.6 is 11.6 Å². The van der Waals surface area contributed by atoms with Crippen molar-refractivity contribution in [1.29, 1.82) is 0 Å². The highest BCUT2D eigenvalue weighted by molar-refractivity contribution is 6.31. The van der Waals surface area contributed by atoms with Crippen LogP contribution in [0.5, 0.6) is 0 Å². The minimum absolute atomic E-state index is 0.164. The highest BCUT2D eigenvalue weighted by Gasteiger charge is 2.36. The first-order chi connectivity index (χ1) is 10.5. The van der Waals surface area contributed by atoms with Gasteiger partial charge in [0.25, 0.3) is 0 Å². The Morgan fingerprint density at radius 1 is 1.36 bits per heavy atom. The van der Waals surface area contributed by atoms with E-state index in [4.69, 9.17) is 21.1 Å². The zero-order valence-electron chi connectivity index (χ0n) is 12.8. The number of nitrogens with one attached hydrogen (secondary N) is 1. The van der Waals surface area contributed by atoms with E-state index in [1.54, 1.807) is 32.1 Å². The quantitative estimate of drug-likeness (QED) is 0.923. The number of nitrogens with zero attached hydrogens (tertiary/aromatic N) is 1. The Hall–Kier alpha value is -1.37. The first kappa shape index (κ1) is 17.0. The van der Waals surface area contributed by atoms with E-state index in [0.29, 0.717) is 18.1 Å². The van der Waals surface area contributed by atoms with Gasteiger partial charge in [-0.2, -0.15) is 0 Å². The lowest BCUT2D eigenvalue weighted by atomic mass is 10.1. The van der Waals surface area contributed by atoms with Crippen LogP contribution in [0, 0.1) is 5.82 Å². The smallest absolute Gasteiger partial charge is 0.318 e. The molecule has 1 aromatic rings. The van der Waals surface area contributed by atoms with Crippen LogP contribution in [0.4, 0.5) is 9.18 Å². The summed E-state index contributed by atoms with van der Waals surface area (Å²) in [4.78, 5) is 13.9. The summed E-state index contributed by atoms with van der Waals surface area (Å²) in [6.45, 7) is 2.55. The van der Waals surface area contributed by atoms with Crippen molar-refractivity contribution < 1.29 is 18.7 Å². The highest BCUT2D eigenvalue weighted by atomic mass is 35.5. The minimum Gasteiger partial charge on any atom is -0.377 e. The molecule has 5 nitrogen and oxygen atoms in total. The lowest BCUT2D eigenvalue weighted by Crippen LogP contribution is -2.40. The maximum absolute atomic E-state index is 13.9. The fourth-order valence-electron chi connectivity index (χ4n) is 2.64. The van der Waals surface area contributed by atoms with Gasteiger partial charge in [0.2, 0.25) is 0 Å². The van der Waals surface area contributed by atoms with E-state index in [-0.39, 0.29) is 23.8 Å². The number of carbonyl (C=O) groups excluding carboxylic acids is 1. The van der Waals surface area contributed by atoms with Crippen LogP contribution in [0.3, 0.4) is 0 Å². The summed E-state index contributed by atoms with van der Waals surface area (Å²) >= 11 is 6.01. The van der Waals surface area contributed by atoms with Gasteiger partial charge in [0.15, 0.2) is 0 Å². The monoisotopic (exact) mass is 330 g/mol. The minimum atomic E-state index is -0.538. The third-order valence-corrected chi connectivity index (χ3v) is 4.21. The van der Waals surface area contributed by atoms with Gasteiger partial charge in [-0.25, -0.2) is 9.18 Å². The molecule has 1 aliphatic rings. The Kier molecular flexibility index (Phi) is 5.61. The van der Waals surface area contributed by atoms with E-state index in [2.05, 4.69) is 5.32 Å². The number of carbonyl (C=O) groups is 1. The third kappa shape index (κ3) is 3.51. The standard InChI is InChI=1S/C15H20ClFN2O3/c1-9(14-10(16)5-4-6-11(14)17)18-15(20)19-7-12(21-2)13(8-19)22-3/h4-6,9,12-13H,7-8H2,1-3H3,(H,18,20)/t9?,12-,13+. The van der Waals surface area contributed by atoms with Crippen molar-refractivity contribution in [2.24, 2.45) is 0 Å². The third-order valence-electron chi connectivity index (χ3n) is 3.88. The Morgan fingerprint density at radius 2 is 1.95 bits per heavy atom.